The molecule has 0 bridgehead atoms. The Balaban J connectivity index is 2.06. The number of rotatable bonds is 6. The molecule has 0 aliphatic heterocycles. The van der Waals surface area contributed by atoms with Crippen LogP contribution in [0.4, 0.5) is 0 Å². The molecular formula is C20H25N3O5. The van der Waals surface area contributed by atoms with Gasteiger partial charge in [0.25, 0.3) is 0 Å². The van der Waals surface area contributed by atoms with Crippen molar-refractivity contribution in [2.24, 2.45) is 5.92 Å². The van der Waals surface area contributed by atoms with Crippen molar-refractivity contribution in [3.63, 3.8) is 0 Å². The predicted octanol–water partition coefficient (Wildman–Crippen LogP) is 2.25. The van der Waals surface area contributed by atoms with Gasteiger partial charge >= 0.3 is 11.9 Å². The molecule has 1 aromatic heterocycles. The molecule has 1 heterocycles. The van der Waals surface area contributed by atoms with Gasteiger partial charge in [0.1, 0.15) is 11.5 Å². The standard InChI is InChI=1S/C20H25N3O5/c1-13(18(25)28-20(2,3)4)17(24)22-10-14-7-6-8-15(9-14)23-12-21-11-16(23)19(26)27-5/h6-9,11-13H,10H2,1-5H3,(H,22,24). The smallest absolute Gasteiger partial charge is 0.356 e. The first-order chi connectivity index (χ1) is 13.1. The zero-order chi connectivity index (χ0) is 20.9. The Morgan fingerprint density at radius 1 is 1.25 bits per heavy atom. The molecule has 0 saturated carbocycles. The summed E-state index contributed by atoms with van der Waals surface area (Å²) >= 11 is 0. The average Bonchev–Trinajstić information content (AvgIpc) is 3.13. The molecule has 0 aliphatic rings. The summed E-state index contributed by atoms with van der Waals surface area (Å²) < 4.78 is 11.6. The summed E-state index contributed by atoms with van der Waals surface area (Å²) in [5.74, 6) is -2.40. The number of carbonyl (C=O) groups excluding carboxylic acids is 3. The number of hydrogen-bond acceptors (Lipinski definition) is 6. The van der Waals surface area contributed by atoms with Crippen LogP contribution < -0.4 is 5.32 Å². The highest BCUT2D eigenvalue weighted by molar-refractivity contribution is 5.97. The van der Waals surface area contributed by atoms with Crippen molar-refractivity contribution in [2.45, 2.75) is 39.8 Å². The normalized spacial score (nSPS) is 12.2. The summed E-state index contributed by atoms with van der Waals surface area (Å²) in [6.07, 6.45) is 2.93. The number of imidazole rings is 1. The van der Waals surface area contributed by atoms with Gasteiger partial charge in [0.05, 0.1) is 19.6 Å². The highest BCUT2D eigenvalue weighted by Gasteiger charge is 2.27. The number of aromatic nitrogens is 2. The van der Waals surface area contributed by atoms with E-state index >= 15 is 0 Å². The minimum Gasteiger partial charge on any atom is -0.464 e. The molecule has 1 amide bonds. The Kier molecular flexibility index (Phi) is 6.56. The number of hydrogen-bond donors (Lipinski definition) is 1. The van der Waals surface area contributed by atoms with Gasteiger partial charge in [-0.25, -0.2) is 9.78 Å². The van der Waals surface area contributed by atoms with Gasteiger partial charge in [-0.2, -0.15) is 0 Å². The molecule has 1 N–H and O–H groups in total. The number of carbonyl (C=O) groups is 3. The maximum Gasteiger partial charge on any atom is 0.356 e. The van der Waals surface area contributed by atoms with Crippen molar-refractivity contribution >= 4 is 17.8 Å². The lowest BCUT2D eigenvalue weighted by molar-refractivity contribution is -0.161. The fraction of sp³-hybridized carbons (Fsp3) is 0.400. The molecule has 1 atom stereocenters. The van der Waals surface area contributed by atoms with Crippen LogP contribution in [0.3, 0.4) is 0 Å². The molecule has 1 unspecified atom stereocenters. The zero-order valence-corrected chi connectivity index (χ0v) is 16.7. The minimum atomic E-state index is -0.915. The fourth-order valence-corrected chi connectivity index (χ4v) is 2.41. The Morgan fingerprint density at radius 3 is 2.61 bits per heavy atom. The van der Waals surface area contributed by atoms with E-state index in [4.69, 9.17) is 9.47 Å². The third-order valence-corrected chi connectivity index (χ3v) is 3.84. The van der Waals surface area contributed by atoms with E-state index in [-0.39, 0.29) is 6.54 Å². The number of nitrogens with zero attached hydrogens (tertiary/aromatic N) is 2. The van der Waals surface area contributed by atoms with Crippen LogP contribution in [0.15, 0.2) is 36.8 Å². The summed E-state index contributed by atoms with van der Waals surface area (Å²) in [5, 5.41) is 2.73. The largest absolute Gasteiger partial charge is 0.464 e. The third kappa shape index (κ3) is 5.42. The Hall–Kier alpha value is -3.16. The van der Waals surface area contributed by atoms with Gasteiger partial charge < -0.3 is 14.8 Å². The first kappa shape index (κ1) is 21.1. The Morgan fingerprint density at radius 2 is 1.96 bits per heavy atom. The lowest BCUT2D eigenvalue weighted by Gasteiger charge is -2.22. The number of benzene rings is 1. The average molecular weight is 387 g/mol. The van der Waals surface area contributed by atoms with E-state index in [1.54, 1.807) is 31.4 Å². The van der Waals surface area contributed by atoms with E-state index < -0.39 is 29.4 Å². The topological polar surface area (TPSA) is 99.5 Å². The van der Waals surface area contributed by atoms with Crippen molar-refractivity contribution in [2.75, 3.05) is 7.11 Å². The molecule has 0 aliphatic carbocycles. The highest BCUT2D eigenvalue weighted by atomic mass is 16.6. The van der Waals surface area contributed by atoms with E-state index in [1.807, 2.05) is 18.2 Å². The van der Waals surface area contributed by atoms with Gasteiger partial charge in [-0.05, 0) is 45.4 Å². The summed E-state index contributed by atoms with van der Waals surface area (Å²) in [5.41, 5.74) is 1.14. The van der Waals surface area contributed by atoms with Crippen LogP contribution in [0.5, 0.6) is 0 Å². The number of nitrogens with one attached hydrogen (secondary N) is 1. The molecule has 0 spiro atoms. The van der Waals surface area contributed by atoms with E-state index in [9.17, 15) is 14.4 Å². The SMILES string of the molecule is COC(=O)c1cncn1-c1cccc(CNC(=O)C(C)C(=O)OC(C)(C)C)c1. The van der Waals surface area contributed by atoms with Crippen molar-refractivity contribution in [1.82, 2.24) is 14.9 Å². The maximum atomic E-state index is 12.3. The zero-order valence-electron chi connectivity index (χ0n) is 16.7. The molecule has 28 heavy (non-hydrogen) atoms. The van der Waals surface area contributed by atoms with Gasteiger partial charge in [0.2, 0.25) is 5.91 Å². The number of ether oxygens (including phenoxy) is 2. The first-order valence-corrected chi connectivity index (χ1v) is 8.83. The molecule has 2 aromatic rings. The van der Waals surface area contributed by atoms with Crippen molar-refractivity contribution in [3.05, 3.63) is 48.0 Å². The van der Waals surface area contributed by atoms with Crippen LogP contribution in [0.2, 0.25) is 0 Å². The summed E-state index contributed by atoms with van der Waals surface area (Å²) in [6.45, 7) is 6.98. The van der Waals surface area contributed by atoms with Crippen molar-refractivity contribution in [3.8, 4) is 5.69 Å². The molecule has 8 nitrogen and oxygen atoms in total. The quantitative estimate of drug-likeness (QED) is 0.603. The Bertz CT molecular complexity index is 867. The number of methoxy groups -OCH3 is 1. The summed E-state index contributed by atoms with van der Waals surface area (Å²) in [7, 11) is 1.30. The molecule has 0 saturated heterocycles. The lowest BCUT2D eigenvalue weighted by Crippen LogP contribution is -2.37. The maximum absolute atomic E-state index is 12.3. The van der Waals surface area contributed by atoms with Gasteiger partial charge in [-0.1, -0.05) is 12.1 Å². The molecule has 1 aromatic carbocycles. The van der Waals surface area contributed by atoms with Crippen LogP contribution in [0.1, 0.15) is 43.7 Å². The van der Waals surface area contributed by atoms with E-state index in [0.29, 0.717) is 11.4 Å². The molecule has 0 radical (unpaired) electrons. The van der Waals surface area contributed by atoms with Gasteiger partial charge in [-0.15, -0.1) is 0 Å². The van der Waals surface area contributed by atoms with Crippen LogP contribution in [-0.4, -0.2) is 40.1 Å². The van der Waals surface area contributed by atoms with Crippen LogP contribution in [0, 0.1) is 5.92 Å². The minimum absolute atomic E-state index is 0.224. The fourth-order valence-electron chi connectivity index (χ4n) is 2.41. The van der Waals surface area contributed by atoms with Gasteiger partial charge in [0, 0.05) is 12.2 Å². The summed E-state index contributed by atoms with van der Waals surface area (Å²) in [4.78, 5) is 40.1. The lowest BCUT2D eigenvalue weighted by atomic mass is 10.1. The van der Waals surface area contributed by atoms with Crippen LogP contribution in [-0.2, 0) is 25.6 Å². The van der Waals surface area contributed by atoms with Crippen LogP contribution >= 0.6 is 0 Å². The predicted molar refractivity (Wildman–Crippen MR) is 102 cm³/mol. The van der Waals surface area contributed by atoms with Gasteiger partial charge in [0.15, 0.2) is 5.69 Å². The second-order valence-corrected chi connectivity index (χ2v) is 7.28. The molecule has 0 fully saturated rings. The second-order valence-electron chi connectivity index (χ2n) is 7.28. The van der Waals surface area contributed by atoms with E-state index in [1.165, 1.54) is 26.6 Å². The molecule has 8 heteroatoms. The van der Waals surface area contributed by atoms with Crippen molar-refractivity contribution < 1.29 is 23.9 Å². The first-order valence-electron chi connectivity index (χ1n) is 8.83. The Labute approximate surface area is 163 Å². The summed E-state index contributed by atoms with van der Waals surface area (Å²) in [6, 6.07) is 7.25. The van der Waals surface area contributed by atoms with E-state index in [2.05, 4.69) is 10.3 Å². The second kappa shape index (κ2) is 8.69. The highest BCUT2D eigenvalue weighted by Crippen LogP contribution is 2.15. The van der Waals surface area contributed by atoms with Crippen molar-refractivity contribution in [1.29, 1.82) is 0 Å². The monoisotopic (exact) mass is 387 g/mol. The van der Waals surface area contributed by atoms with Crippen LogP contribution in [0.25, 0.3) is 5.69 Å². The third-order valence-electron chi connectivity index (χ3n) is 3.84. The molecular weight excluding hydrogens is 362 g/mol. The van der Waals surface area contributed by atoms with E-state index in [0.717, 1.165) is 5.56 Å². The van der Waals surface area contributed by atoms with Gasteiger partial charge in [-0.3, -0.25) is 14.2 Å². The number of esters is 2. The molecule has 2 rings (SSSR count). The molecule has 150 valence electrons. The number of amides is 1.